The summed E-state index contributed by atoms with van der Waals surface area (Å²) in [6, 6.07) is 7.63. The van der Waals surface area contributed by atoms with Crippen molar-refractivity contribution in [1.29, 1.82) is 0 Å². The molecule has 46 heavy (non-hydrogen) atoms. The molecule has 0 aliphatic carbocycles. The van der Waals surface area contributed by atoms with Gasteiger partial charge in [0.25, 0.3) is 0 Å². The Bertz CT molecular complexity index is 1440. The third kappa shape index (κ3) is 7.78. The molecule has 0 bridgehead atoms. The number of hydrogen-bond donors (Lipinski definition) is 0. The Kier molecular flexibility index (Phi) is 11.6. The molecule has 0 N–H and O–H groups in total. The van der Waals surface area contributed by atoms with Crippen molar-refractivity contribution in [2.75, 3.05) is 28.4 Å². The second-order valence-electron chi connectivity index (χ2n) is 10.9. The molecule has 0 amide bonds. The summed E-state index contributed by atoms with van der Waals surface area (Å²) in [5.41, 5.74) is -3.48. The summed E-state index contributed by atoms with van der Waals surface area (Å²) in [4.78, 5) is 54.3. The number of alkyl halides is 6. The highest BCUT2D eigenvalue weighted by atomic mass is 28.3. The topological polar surface area (TPSA) is 105 Å². The Balaban J connectivity index is 3.22. The van der Waals surface area contributed by atoms with Gasteiger partial charge in [-0.3, -0.25) is 0 Å². The second kappa shape index (κ2) is 14.1. The molecule has 2 aromatic carbocycles. The Labute approximate surface area is 263 Å². The molecule has 0 aromatic heterocycles. The predicted molar refractivity (Wildman–Crippen MR) is 159 cm³/mol. The monoisotopic (exact) mass is 690 g/mol. The third-order valence-corrected chi connectivity index (χ3v) is 14.4. The van der Waals surface area contributed by atoms with Crippen LogP contribution in [0.1, 0.15) is 11.1 Å². The van der Waals surface area contributed by atoms with Crippen LogP contribution in [0.25, 0.3) is 0 Å². The van der Waals surface area contributed by atoms with E-state index in [1.54, 1.807) is 0 Å². The van der Waals surface area contributed by atoms with E-state index in [1.807, 2.05) is 0 Å². The number of rotatable bonds is 9. The molecule has 0 heterocycles. The summed E-state index contributed by atoms with van der Waals surface area (Å²) < 4.78 is 99.8. The lowest BCUT2D eigenvalue weighted by atomic mass is 10.0. The van der Waals surface area contributed by atoms with Crippen molar-refractivity contribution in [3.63, 3.8) is 0 Å². The first kappa shape index (κ1) is 38.0. The highest BCUT2D eigenvalue weighted by Gasteiger charge is 2.46. The van der Waals surface area contributed by atoms with Crippen molar-refractivity contribution in [1.82, 2.24) is 0 Å². The fourth-order valence-corrected chi connectivity index (χ4v) is 10.4. The quantitative estimate of drug-likeness (QED) is 0.0939. The van der Waals surface area contributed by atoms with Crippen molar-refractivity contribution in [2.45, 2.75) is 38.5 Å². The zero-order chi connectivity index (χ0) is 35.4. The van der Waals surface area contributed by atoms with Crippen LogP contribution in [0.15, 0.2) is 70.1 Å². The third-order valence-electron chi connectivity index (χ3n) is 7.43. The van der Waals surface area contributed by atoms with Gasteiger partial charge in [0.2, 0.25) is 0 Å². The summed E-state index contributed by atoms with van der Waals surface area (Å²) in [5, 5.41) is -0.517. The van der Waals surface area contributed by atoms with Gasteiger partial charge in [0, 0.05) is 10.4 Å². The van der Waals surface area contributed by atoms with Gasteiger partial charge in [0.15, 0.2) is 0 Å². The minimum Gasteiger partial charge on any atom is -0.466 e. The molecule has 8 nitrogen and oxygen atoms in total. The van der Waals surface area contributed by atoms with Crippen LogP contribution in [0.2, 0.25) is 26.2 Å². The van der Waals surface area contributed by atoms with Crippen LogP contribution in [-0.2, 0) is 50.5 Å². The van der Waals surface area contributed by atoms with Gasteiger partial charge >= 0.3 is 36.2 Å². The van der Waals surface area contributed by atoms with E-state index >= 15 is 0 Å². The zero-order valence-corrected chi connectivity index (χ0v) is 28.2. The number of hydrogen-bond acceptors (Lipinski definition) is 8. The van der Waals surface area contributed by atoms with Gasteiger partial charge in [-0.1, -0.05) is 85.1 Å². The largest absolute Gasteiger partial charge is 0.466 e. The number of benzene rings is 2. The van der Waals surface area contributed by atoms with Crippen LogP contribution >= 0.6 is 0 Å². The Morgan fingerprint density at radius 3 is 0.913 bits per heavy atom. The summed E-state index contributed by atoms with van der Waals surface area (Å²) in [7, 11) is -3.53. The molecule has 0 saturated heterocycles. The molecule has 0 atom stereocenters. The number of methoxy groups -OCH3 is 4. The van der Waals surface area contributed by atoms with E-state index < -0.39 is 85.0 Å². The van der Waals surface area contributed by atoms with E-state index in [-0.39, 0.29) is 10.4 Å². The molecule has 0 unspecified atom stereocenters. The van der Waals surface area contributed by atoms with Gasteiger partial charge < -0.3 is 18.9 Å². The molecule has 0 radical (unpaired) electrons. The molecule has 0 saturated carbocycles. The maximum Gasteiger partial charge on any atom is 0.416 e. The molecule has 2 aromatic rings. The van der Waals surface area contributed by atoms with E-state index in [1.165, 1.54) is 26.2 Å². The first-order chi connectivity index (χ1) is 21.1. The fraction of sp³-hybridized carbons (Fsp3) is 0.333. The van der Waals surface area contributed by atoms with E-state index in [0.29, 0.717) is 0 Å². The summed E-state index contributed by atoms with van der Waals surface area (Å²) in [5.74, 6) is -4.91. The van der Waals surface area contributed by atoms with Crippen LogP contribution in [-0.4, -0.2) is 68.5 Å². The maximum absolute atomic E-state index is 13.6. The van der Waals surface area contributed by atoms with Crippen molar-refractivity contribution in [3.05, 3.63) is 81.2 Å². The highest BCUT2D eigenvalue weighted by Crippen LogP contribution is 2.35. The first-order valence-corrected chi connectivity index (χ1v) is 19.3. The summed E-state index contributed by atoms with van der Waals surface area (Å²) in [6.45, 7) is 5.98. The molecule has 2 rings (SSSR count). The smallest absolute Gasteiger partial charge is 0.416 e. The Morgan fingerprint density at radius 1 is 0.478 bits per heavy atom. The SMILES string of the molecule is COC(=O)C(=C(/C(=O)OC)[Si](C)(C)c1ccc(C(F)(F)F)cc1)/C(C(=O)OC)=C(/C(=O)OC)[Si](C)(C)c1ccc(C(F)(F)F)cc1. The van der Waals surface area contributed by atoms with Crippen LogP contribution in [0, 0.1) is 0 Å². The normalized spacial score (nSPS) is 13.6. The first-order valence-electron chi connectivity index (χ1n) is 13.3. The van der Waals surface area contributed by atoms with Gasteiger partial charge in [-0.2, -0.15) is 26.3 Å². The lowest BCUT2D eigenvalue weighted by molar-refractivity contribution is -0.141. The van der Waals surface area contributed by atoms with E-state index in [2.05, 4.69) is 0 Å². The van der Waals surface area contributed by atoms with Gasteiger partial charge in [-0.15, -0.1) is 0 Å². The predicted octanol–water partition coefficient (Wildman–Crippen LogP) is 4.62. The van der Waals surface area contributed by atoms with Crippen LogP contribution < -0.4 is 10.4 Å². The van der Waals surface area contributed by atoms with Crippen LogP contribution in [0.3, 0.4) is 0 Å². The molecule has 16 heteroatoms. The second-order valence-corrected chi connectivity index (χ2v) is 19.5. The van der Waals surface area contributed by atoms with Crippen molar-refractivity contribution in [3.8, 4) is 0 Å². The molecule has 250 valence electrons. The standard InChI is InChI=1S/C30H32F6O8Si2/c1-41-25(37)21(23(27(39)43-3)45(5,6)19-13-9-17(10-14-19)29(31,32)33)22(26(38)42-2)24(28(40)44-4)46(7,8)20-15-11-18(12-16-20)30(34,35)36/h9-16H,1-8H3/b23-21-,24-22+. The lowest BCUT2D eigenvalue weighted by Gasteiger charge is -2.31. The minimum absolute atomic E-state index is 0.199. The number of ether oxygens (including phenoxy) is 4. The zero-order valence-electron chi connectivity index (χ0n) is 26.2. The number of carbonyl (C=O) groups excluding carboxylic acids is 4. The summed E-state index contributed by atoms with van der Waals surface area (Å²) >= 11 is 0. The lowest BCUT2D eigenvalue weighted by Crippen LogP contribution is -2.50. The number of halogens is 6. The minimum atomic E-state index is -4.67. The Hall–Kier alpha value is -4.19. The van der Waals surface area contributed by atoms with Crippen molar-refractivity contribution >= 4 is 50.4 Å². The molecular weight excluding hydrogens is 658 g/mol. The number of carbonyl (C=O) groups is 4. The van der Waals surface area contributed by atoms with Crippen molar-refractivity contribution in [2.24, 2.45) is 0 Å². The molecule has 0 spiro atoms. The van der Waals surface area contributed by atoms with E-state index in [9.17, 15) is 45.5 Å². The van der Waals surface area contributed by atoms with E-state index in [0.717, 1.165) is 77.0 Å². The molecular formula is C30H32F6O8Si2. The molecule has 0 aliphatic heterocycles. The van der Waals surface area contributed by atoms with Crippen LogP contribution in [0.4, 0.5) is 26.3 Å². The number of esters is 4. The average molecular weight is 691 g/mol. The Morgan fingerprint density at radius 2 is 0.717 bits per heavy atom. The van der Waals surface area contributed by atoms with Crippen molar-refractivity contribution < 1.29 is 64.5 Å². The van der Waals surface area contributed by atoms with Gasteiger partial charge in [0.1, 0.15) is 16.1 Å². The van der Waals surface area contributed by atoms with Gasteiger partial charge in [0.05, 0.1) is 50.7 Å². The molecule has 0 fully saturated rings. The fourth-order valence-electron chi connectivity index (χ4n) is 4.85. The maximum atomic E-state index is 13.6. The average Bonchev–Trinajstić information content (AvgIpc) is 3.00. The van der Waals surface area contributed by atoms with Gasteiger partial charge in [-0.25, -0.2) is 19.2 Å². The van der Waals surface area contributed by atoms with Crippen LogP contribution in [0.5, 0.6) is 0 Å². The van der Waals surface area contributed by atoms with E-state index in [4.69, 9.17) is 18.9 Å². The highest BCUT2D eigenvalue weighted by molar-refractivity contribution is 7.00. The molecule has 0 aliphatic rings. The summed E-state index contributed by atoms with van der Waals surface area (Å²) in [6.07, 6.45) is -9.35. The van der Waals surface area contributed by atoms with Gasteiger partial charge in [-0.05, 0) is 0 Å².